The molecule has 0 aliphatic carbocycles. The maximum atomic E-state index is 14.1. The van der Waals surface area contributed by atoms with E-state index in [1.807, 2.05) is 6.07 Å². The largest absolute Gasteiger partial charge is 0.485 e. The van der Waals surface area contributed by atoms with E-state index in [0.29, 0.717) is 0 Å². The van der Waals surface area contributed by atoms with Gasteiger partial charge in [-0.1, -0.05) is 36.4 Å². The average Bonchev–Trinajstić information content (AvgIpc) is 3.30. The number of nitrogens with one attached hydrogen (secondary N) is 2. The number of pyridine rings is 1. The minimum Gasteiger partial charge on any atom is -0.485 e. The molecule has 12 heteroatoms. The Balaban J connectivity index is 1.49. The monoisotopic (exact) mass is 572 g/mol. The molecule has 0 saturated carbocycles. The molecule has 0 fully saturated rings. The normalized spacial score (nSPS) is 12.5. The third-order valence-electron chi connectivity index (χ3n) is 6.27. The molecule has 0 aliphatic heterocycles. The summed E-state index contributed by atoms with van der Waals surface area (Å²) < 4.78 is 67.9. The lowest BCUT2D eigenvalue weighted by Crippen LogP contribution is -2.55. The first-order valence-electron chi connectivity index (χ1n) is 12.6. The summed E-state index contributed by atoms with van der Waals surface area (Å²) in [6.07, 6.45) is 0.476. The molecule has 1 unspecified atom stereocenters. The fraction of sp³-hybridized carbons (Fsp3) is 0.276. The van der Waals surface area contributed by atoms with Crippen molar-refractivity contribution < 1.29 is 36.6 Å². The quantitative estimate of drug-likeness (QED) is 0.236. The zero-order chi connectivity index (χ0) is 29.6. The maximum Gasteiger partial charge on any atom is 0.408 e. The van der Waals surface area contributed by atoms with Gasteiger partial charge in [0.15, 0.2) is 11.4 Å². The second-order valence-electron chi connectivity index (χ2n) is 9.64. The predicted molar refractivity (Wildman–Crippen MR) is 142 cm³/mol. The van der Waals surface area contributed by atoms with E-state index in [9.17, 15) is 27.2 Å². The lowest BCUT2D eigenvalue weighted by molar-refractivity contribution is 0.0916. The zero-order valence-electron chi connectivity index (χ0n) is 22.3. The Morgan fingerprint density at radius 3 is 2.37 bits per heavy atom. The number of alkyl carbamates (subject to hydrolysis) is 1. The molecule has 4 rings (SSSR count). The molecule has 2 N–H and O–H groups in total. The van der Waals surface area contributed by atoms with Crippen LogP contribution in [0.2, 0.25) is 0 Å². The van der Waals surface area contributed by atoms with E-state index >= 15 is 0 Å². The number of alkyl halides is 2. The van der Waals surface area contributed by atoms with Crippen LogP contribution in [0.25, 0.3) is 5.65 Å². The summed E-state index contributed by atoms with van der Waals surface area (Å²) in [6, 6.07) is 13.6. The van der Waals surface area contributed by atoms with Crippen LogP contribution in [0.5, 0.6) is 5.75 Å². The van der Waals surface area contributed by atoms with Crippen molar-refractivity contribution in [3.8, 4) is 5.75 Å². The minimum absolute atomic E-state index is 0.00128. The zero-order valence-corrected chi connectivity index (χ0v) is 22.3. The number of fused-ring (bicyclic) bond motifs is 1. The highest BCUT2D eigenvalue weighted by molar-refractivity contribution is 5.95. The van der Waals surface area contributed by atoms with Gasteiger partial charge in [-0.3, -0.25) is 9.20 Å². The van der Waals surface area contributed by atoms with Crippen molar-refractivity contribution in [2.24, 2.45) is 0 Å². The van der Waals surface area contributed by atoms with Gasteiger partial charge in [-0.25, -0.2) is 27.3 Å². The van der Waals surface area contributed by atoms with Gasteiger partial charge in [0.1, 0.15) is 43.9 Å². The Hall–Kier alpha value is -4.61. The molecule has 1 atom stereocenters. The molecule has 0 bridgehead atoms. The Morgan fingerprint density at radius 2 is 1.71 bits per heavy atom. The van der Waals surface area contributed by atoms with Crippen LogP contribution in [0, 0.1) is 18.6 Å². The lowest BCUT2D eigenvalue weighted by Gasteiger charge is -2.27. The van der Waals surface area contributed by atoms with Gasteiger partial charge in [-0.2, -0.15) is 0 Å². The number of halogens is 4. The standard InChI is InChI=1S/C29H28F4N4O4/c1-18-25(27(38)34-17-29(2,16-31)36-28(39)41-14-19-7-4-3-5-8-19)37-13-20(12-30)11-24(26(37)35-18)40-15-21-22(32)9-6-10-23(21)33/h3-11,13H,12,14-17H2,1-2H3,(H,34,38)(H,36,39). The number of carbonyl (C=O) groups excluding carboxylic acids is 2. The number of hydrogen-bond donors (Lipinski definition) is 2. The SMILES string of the molecule is Cc1nc2c(OCc3c(F)cccc3F)cc(CF)cn2c1C(=O)NCC(C)(CF)NC(=O)OCc1ccccc1. The molecule has 8 nitrogen and oxygen atoms in total. The molecule has 2 heterocycles. The summed E-state index contributed by atoms with van der Waals surface area (Å²) in [6.45, 7) is 0.155. The van der Waals surface area contributed by atoms with E-state index in [4.69, 9.17) is 9.47 Å². The van der Waals surface area contributed by atoms with Crippen LogP contribution in [0.3, 0.4) is 0 Å². The van der Waals surface area contributed by atoms with E-state index in [1.54, 1.807) is 24.3 Å². The van der Waals surface area contributed by atoms with Crippen molar-refractivity contribution in [1.29, 1.82) is 0 Å². The van der Waals surface area contributed by atoms with Gasteiger partial charge in [0, 0.05) is 18.3 Å². The molecule has 2 aromatic heterocycles. The summed E-state index contributed by atoms with van der Waals surface area (Å²) in [4.78, 5) is 29.8. The van der Waals surface area contributed by atoms with Crippen molar-refractivity contribution in [3.05, 3.63) is 101 Å². The number of imidazole rings is 1. The second-order valence-corrected chi connectivity index (χ2v) is 9.64. The third-order valence-corrected chi connectivity index (χ3v) is 6.27. The van der Waals surface area contributed by atoms with Gasteiger partial charge in [0.25, 0.3) is 5.91 Å². The highest BCUT2D eigenvalue weighted by atomic mass is 19.1. The summed E-state index contributed by atoms with van der Waals surface area (Å²) in [5, 5.41) is 5.01. The van der Waals surface area contributed by atoms with Crippen molar-refractivity contribution in [2.75, 3.05) is 13.2 Å². The van der Waals surface area contributed by atoms with E-state index in [2.05, 4.69) is 15.6 Å². The Labute approximate surface area is 233 Å². The van der Waals surface area contributed by atoms with Crippen LogP contribution in [0.4, 0.5) is 22.4 Å². The molecular formula is C29H28F4N4O4. The van der Waals surface area contributed by atoms with Crippen LogP contribution in [0.15, 0.2) is 60.8 Å². The van der Waals surface area contributed by atoms with Gasteiger partial charge in [0.05, 0.1) is 16.8 Å². The number of aromatic nitrogens is 2. The van der Waals surface area contributed by atoms with Crippen molar-refractivity contribution in [1.82, 2.24) is 20.0 Å². The van der Waals surface area contributed by atoms with Crippen LogP contribution in [-0.4, -0.2) is 40.1 Å². The van der Waals surface area contributed by atoms with Gasteiger partial charge in [-0.05, 0) is 37.6 Å². The Kier molecular flexibility index (Phi) is 9.10. The first-order chi connectivity index (χ1) is 19.6. The van der Waals surface area contributed by atoms with Crippen molar-refractivity contribution in [3.63, 3.8) is 0 Å². The first kappa shape index (κ1) is 29.4. The number of benzene rings is 2. The number of rotatable bonds is 11. The van der Waals surface area contributed by atoms with Crippen LogP contribution in [-0.2, 0) is 24.6 Å². The molecule has 0 aliphatic rings. The highest BCUT2D eigenvalue weighted by Gasteiger charge is 2.29. The molecule has 2 aromatic carbocycles. The lowest BCUT2D eigenvalue weighted by atomic mass is 10.1. The Bertz CT molecular complexity index is 1530. The number of ether oxygens (including phenoxy) is 2. The van der Waals surface area contributed by atoms with E-state index < -0.39 is 49.1 Å². The van der Waals surface area contributed by atoms with Crippen molar-refractivity contribution in [2.45, 2.75) is 39.3 Å². The highest BCUT2D eigenvalue weighted by Crippen LogP contribution is 2.26. The van der Waals surface area contributed by atoms with Crippen LogP contribution < -0.4 is 15.4 Å². The van der Waals surface area contributed by atoms with Crippen LogP contribution >= 0.6 is 0 Å². The third kappa shape index (κ3) is 6.94. The number of hydrogen-bond acceptors (Lipinski definition) is 5. The summed E-state index contributed by atoms with van der Waals surface area (Å²) in [5.41, 5.74) is -0.613. The van der Waals surface area contributed by atoms with Gasteiger partial charge in [-0.15, -0.1) is 0 Å². The summed E-state index contributed by atoms with van der Waals surface area (Å²) >= 11 is 0. The fourth-order valence-corrected chi connectivity index (χ4v) is 4.04. The topological polar surface area (TPSA) is 94.0 Å². The smallest absolute Gasteiger partial charge is 0.408 e. The molecule has 2 amide bonds. The molecular weight excluding hydrogens is 544 g/mol. The molecule has 0 radical (unpaired) electrons. The number of nitrogens with zero attached hydrogens (tertiary/aromatic N) is 2. The number of carbonyl (C=O) groups is 2. The van der Waals surface area contributed by atoms with Crippen molar-refractivity contribution >= 4 is 17.6 Å². The predicted octanol–water partition coefficient (Wildman–Crippen LogP) is 5.35. The molecule has 0 saturated heterocycles. The Morgan fingerprint density at radius 1 is 1.00 bits per heavy atom. The number of aryl methyl sites for hydroxylation is 1. The van der Waals surface area contributed by atoms with E-state index in [0.717, 1.165) is 17.7 Å². The fourth-order valence-electron chi connectivity index (χ4n) is 4.04. The van der Waals surface area contributed by atoms with Gasteiger partial charge >= 0.3 is 6.09 Å². The minimum atomic E-state index is -1.50. The average molecular weight is 573 g/mol. The maximum absolute atomic E-state index is 14.1. The van der Waals surface area contributed by atoms with Gasteiger partial charge in [0.2, 0.25) is 0 Å². The van der Waals surface area contributed by atoms with Crippen LogP contribution in [0.1, 0.15) is 39.8 Å². The molecule has 4 aromatic rings. The second kappa shape index (κ2) is 12.7. The van der Waals surface area contributed by atoms with E-state index in [1.165, 1.54) is 36.6 Å². The van der Waals surface area contributed by atoms with E-state index in [-0.39, 0.29) is 47.1 Å². The first-order valence-corrected chi connectivity index (χ1v) is 12.6. The molecule has 41 heavy (non-hydrogen) atoms. The summed E-state index contributed by atoms with van der Waals surface area (Å²) in [5.74, 6) is -2.30. The molecule has 216 valence electrons. The number of amides is 2. The molecule has 0 spiro atoms. The van der Waals surface area contributed by atoms with Gasteiger partial charge < -0.3 is 20.1 Å². The summed E-state index contributed by atoms with van der Waals surface area (Å²) in [7, 11) is 0.